The van der Waals surface area contributed by atoms with Crippen molar-refractivity contribution in [2.45, 2.75) is 45.4 Å². The first-order chi connectivity index (χ1) is 10.2. The van der Waals surface area contributed by atoms with Gasteiger partial charge < -0.3 is 15.7 Å². The lowest BCUT2D eigenvalue weighted by Crippen LogP contribution is -2.33. The second kappa shape index (κ2) is 8.03. The lowest BCUT2D eigenvalue weighted by Gasteiger charge is -2.16. The molecule has 0 spiro atoms. The van der Waals surface area contributed by atoms with Crippen LogP contribution in [-0.4, -0.2) is 24.3 Å². The lowest BCUT2D eigenvalue weighted by molar-refractivity contribution is 0.237. The van der Waals surface area contributed by atoms with E-state index in [0.717, 1.165) is 37.8 Å². The molecule has 116 valence electrons. The molecule has 2 amide bonds. The molecule has 4 heteroatoms. The molecule has 2 rings (SSSR count). The molecule has 0 bridgehead atoms. The number of nitrogens with one attached hydrogen (secondary N) is 2. The van der Waals surface area contributed by atoms with Crippen LogP contribution in [0.15, 0.2) is 18.2 Å². The molecule has 0 fully saturated rings. The maximum absolute atomic E-state index is 11.9. The Bertz CT molecular complexity index is 468. The number of carbonyl (C=O) groups excluding carboxylic acids is 1. The molecule has 1 aromatic carbocycles. The third kappa shape index (κ3) is 4.74. The highest BCUT2D eigenvalue weighted by atomic mass is 16.3. The highest BCUT2D eigenvalue weighted by Crippen LogP contribution is 2.24. The molecular formula is C17H26N2O2. The number of fused-ring (bicyclic) bond motifs is 1. The van der Waals surface area contributed by atoms with E-state index in [-0.39, 0.29) is 12.6 Å². The number of hydrogen-bond acceptors (Lipinski definition) is 2. The summed E-state index contributed by atoms with van der Waals surface area (Å²) in [6.45, 7) is 2.92. The Morgan fingerprint density at radius 1 is 1.29 bits per heavy atom. The molecule has 0 saturated carbocycles. The minimum atomic E-state index is -0.160. The fourth-order valence-corrected chi connectivity index (χ4v) is 3.00. The Morgan fingerprint density at radius 3 is 2.86 bits per heavy atom. The quantitative estimate of drug-likeness (QED) is 0.722. The highest BCUT2D eigenvalue weighted by Gasteiger charge is 2.12. The SMILES string of the molecule is CCCC(CCO)CNC(=O)Nc1ccc2c(c1)CCC2. The number of aryl methyl sites for hydroxylation is 2. The van der Waals surface area contributed by atoms with Crippen molar-refractivity contribution in [3.63, 3.8) is 0 Å². The number of amides is 2. The molecule has 0 radical (unpaired) electrons. The van der Waals surface area contributed by atoms with Crippen LogP contribution in [-0.2, 0) is 12.8 Å². The fraction of sp³-hybridized carbons (Fsp3) is 0.588. The Morgan fingerprint density at radius 2 is 2.10 bits per heavy atom. The Hall–Kier alpha value is -1.55. The van der Waals surface area contributed by atoms with Crippen LogP contribution < -0.4 is 10.6 Å². The van der Waals surface area contributed by atoms with E-state index in [1.54, 1.807) is 0 Å². The normalized spacial score (nSPS) is 14.6. The molecule has 3 N–H and O–H groups in total. The number of rotatable bonds is 7. The largest absolute Gasteiger partial charge is 0.396 e. The molecule has 1 aliphatic carbocycles. The van der Waals surface area contributed by atoms with Gasteiger partial charge in [-0.3, -0.25) is 0 Å². The Balaban J connectivity index is 1.81. The van der Waals surface area contributed by atoms with E-state index in [9.17, 15) is 4.79 Å². The van der Waals surface area contributed by atoms with Crippen molar-refractivity contribution in [1.29, 1.82) is 0 Å². The monoisotopic (exact) mass is 290 g/mol. The van der Waals surface area contributed by atoms with Crippen LogP contribution in [0.4, 0.5) is 10.5 Å². The van der Waals surface area contributed by atoms with Gasteiger partial charge in [0.15, 0.2) is 0 Å². The molecular weight excluding hydrogens is 264 g/mol. The summed E-state index contributed by atoms with van der Waals surface area (Å²) in [6, 6.07) is 6.01. The minimum Gasteiger partial charge on any atom is -0.396 e. The summed E-state index contributed by atoms with van der Waals surface area (Å²) < 4.78 is 0. The Kier molecular flexibility index (Phi) is 6.05. The molecule has 1 aliphatic rings. The first-order valence-electron chi connectivity index (χ1n) is 8.00. The fourth-order valence-electron chi connectivity index (χ4n) is 3.00. The second-order valence-corrected chi connectivity index (χ2v) is 5.84. The summed E-state index contributed by atoms with van der Waals surface area (Å²) >= 11 is 0. The predicted octanol–water partition coefficient (Wildman–Crippen LogP) is 3.10. The zero-order valence-corrected chi connectivity index (χ0v) is 12.8. The summed E-state index contributed by atoms with van der Waals surface area (Å²) in [4.78, 5) is 11.9. The molecule has 21 heavy (non-hydrogen) atoms. The molecule has 0 saturated heterocycles. The molecule has 0 heterocycles. The number of aliphatic hydroxyl groups excluding tert-OH is 1. The standard InChI is InChI=1S/C17H26N2O2/c1-2-4-13(9-10-20)12-18-17(21)19-16-8-7-14-5-3-6-15(14)11-16/h7-8,11,13,20H,2-6,9-10,12H2,1H3,(H2,18,19,21). The Labute approximate surface area is 126 Å². The van der Waals surface area contributed by atoms with Gasteiger partial charge in [-0.1, -0.05) is 19.4 Å². The number of urea groups is 1. The number of hydrogen-bond donors (Lipinski definition) is 3. The van der Waals surface area contributed by atoms with Gasteiger partial charge in [0.05, 0.1) is 0 Å². The summed E-state index contributed by atoms with van der Waals surface area (Å²) in [5.41, 5.74) is 3.63. The van der Waals surface area contributed by atoms with Crippen molar-refractivity contribution in [3.8, 4) is 0 Å². The molecule has 1 unspecified atom stereocenters. The molecule has 0 aliphatic heterocycles. The third-order valence-corrected chi connectivity index (χ3v) is 4.14. The van der Waals surface area contributed by atoms with E-state index in [1.165, 1.54) is 17.5 Å². The van der Waals surface area contributed by atoms with Gasteiger partial charge in [0.1, 0.15) is 0 Å². The molecule has 1 atom stereocenters. The van der Waals surface area contributed by atoms with Crippen molar-refractivity contribution in [2.24, 2.45) is 5.92 Å². The van der Waals surface area contributed by atoms with E-state index in [0.29, 0.717) is 12.5 Å². The average molecular weight is 290 g/mol. The van der Waals surface area contributed by atoms with Gasteiger partial charge in [-0.2, -0.15) is 0 Å². The van der Waals surface area contributed by atoms with Crippen LogP contribution in [0.25, 0.3) is 0 Å². The maximum atomic E-state index is 11.9. The number of aliphatic hydroxyl groups is 1. The first kappa shape index (κ1) is 15.8. The number of benzene rings is 1. The van der Waals surface area contributed by atoms with Gasteiger partial charge in [-0.15, -0.1) is 0 Å². The smallest absolute Gasteiger partial charge is 0.319 e. The van der Waals surface area contributed by atoms with Crippen molar-refractivity contribution in [1.82, 2.24) is 5.32 Å². The number of carbonyl (C=O) groups is 1. The van der Waals surface area contributed by atoms with Gasteiger partial charge in [0.2, 0.25) is 0 Å². The van der Waals surface area contributed by atoms with Crippen LogP contribution in [0.2, 0.25) is 0 Å². The number of anilines is 1. The van der Waals surface area contributed by atoms with Crippen LogP contribution in [0.3, 0.4) is 0 Å². The average Bonchev–Trinajstić information content (AvgIpc) is 2.93. The minimum absolute atomic E-state index is 0.160. The van der Waals surface area contributed by atoms with E-state index >= 15 is 0 Å². The van der Waals surface area contributed by atoms with E-state index in [1.807, 2.05) is 6.07 Å². The van der Waals surface area contributed by atoms with Gasteiger partial charge in [0.25, 0.3) is 0 Å². The van der Waals surface area contributed by atoms with Gasteiger partial charge in [-0.25, -0.2) is 4.79 Å². The zero-order chi connectivity index (χ0) is 15.1. The topological polar surface area (TPSA) is 61.4 Å². The second-order valence-electron chi connectivity index (χ2n) is 5.84. The molecule has 1 aromatic rings. The van der Waals surface area contributed by atoms with E-state index < -0.39 is 0 Å². The maximum Gasteiger partial charge on any atom is 0.319 e. The van der Waals surface area contributed by atoms with Crippen LogP contribution in [0, 0.1) is 5.92 Å². The lowest BCUT2D eigenvalue weighted by atomic mass is 10.0. The summed E-state index contributed by atoms with van der Waals surface area (Å²) in [7, 11) is 0. The summed E-state index contributed by atoms with van der Waals surface area (Å²) in [5, 5.41) is 14.8. The summed E-state index contributed by atoms with van der Waals surface area (Å²) in [6.07, 6.45) is 6.32. The first-order valence-corrected chi connectivity index (χ1v) is 8.00. The highest BCUT2D eigenvalue weighted by molar-refractivity contribution is 5.89. The van der Waals surface area contributed by atoms with Crippen molar-refractivity contribution >= 4 is 11.7 Å². The molecule has 4 nitrogen and oxygen atoms in total. The predicted molar refractivity (Wildman–Crippen MR) is 85.6 cm³/mol. The van der Waals surface area contributed by atoms with Gasteiger partial charge in [-0.05, 0) is 61.3 Å². The summed E-state index contributed by atoms with van der Waals surface area (Å²) in [5.74, 6) is 0.353. The van der Waals surface area contributed by atoms with Crippen LogP contribution >= 0.6 is 0 Å². The van der Waals surface area contributed by atoms with Crippen molar-refractivity contribution < 1.29 is 9.90 Å². The van der Waals surface area contributed by atoms with Crippen LogP contribution in [0.1, 0.15) is 43.7 Å². The van der Waals surface area contributed by atoms with Crippen molar-refractivity contribution in [2.75, 3.05) is 18.5 Å². The van der Waals surface area contributed by atoms with Crippen LogP contribution in [0.5, 0.6) is 0 Å². The van der Waals surface area contributed by atoms with Gasteiger partial charge >= 0.3 is 6.03 Å². The third-order valence-electron chi connectivity index (χ3n) is 4.14. The van der Waals surface area contributed by atoms with E-state index in [2.05, 4.69) is 29.7 Å². The van der Waals surface area contributed by atoms with Gasteiger partial charge in [0, 0.05) is 18.8 Å². The molecule has 0 aromatic heterocycles. The van der Waals surface area contributed by atoms with Crippen molar-refractivity contribution in [3.05, 3.63) is 29.3 Å². The van der Waals surface area contributed by atoms with E-state index in [4.69, 9.17) is 5.11 Å². The zero-order valence-electron chi connectivity index (χ0n) is 12.8.